The van der Waals surface area contributed by atoms with Crippen LogP contribution < -0.4 is 58.1 Å². The van der Waals surface area contributed by atoms with Gasteiger partial charge in [0.2, 0.25) is 29.4 Å². The number of anilines is 5. The van der Waals surface area contributed by atoms with Crippen LogP contribution in [0.25, 0.3) is 22.0 Å². The molecule has 11 N–H and O–H groups in total. The highest BCUT2D eigenvalue weighted by molar-refractivity contribution is 6.09. The SMILES string of the molecule is Cc1cc(F)cc(C)c1Oc1ccc(C(C)(C)O)cc1-c1cn(C)c(=O)c2[nH]c(C(=O)Nc3ccc(C#CC#CCN(C)CCOCCOCCOCCNC(=O)CCNC(=O)c4nc(NC(=O)CCNC(=O)c5cc(NC(=O)c6nc(NC(=O)CCNC(=O)c7cc(NC(=O)c8nccn8C)cn7C)cn6C)cn5C)cn4C)cc3)cc12. The molecule has 3 aromatic carbocycles. The van der Waals surface area contributed by atoms with E-state index in [1.807, 2.05) is 11.9 Å². The maximum atomic E-state index is 14.3. The number of hydrogen-bond donors (Lipinski definition) is 11. The fraction of sp³-hybridized carbons (Fsp3) is 0.329. The fourth-order valence-electron chi connectivity index (χ4n) is 12.1. The smallest absolute Gasteiger partial charge is 0.291 e. The molecule has 36 heteroatoms. The predicted octanol–water partition coefficient (Wildman–Crippen LogP) is 5.73. The van der Waals surface area contributed by atoms with E-state index in [0.717, 1.165) is 0 Å². The van der Waals surface area contributed by atoms with Crippen molar-refractivity contribution in [1.29, 1.82) is 0 Å². The number of benzene rings is 3. The summed E-state index contributed by atoms with van der Waals surface area (Å²) >= 11 is 0. The quantitative estimate of drug-likeness (QED) is 0.0163. The minimum Gasteiger partial charge on any atom is -0.456 e. The molecule has 0 atom stereocenters. The summed E-state index contributed by atoms with van der Waals surface area (Å²) in [6.07, 6.45) is 10.4. The molecule has 0 aliphatic carbocycles. The monoisotopic (exact) mass is 1620 g/mol. The largest absolute Gasteiger partial charge is 0.456 e. The molecule has 0 fully saturated rings. The molecule has 0 saturated carbocycles. The first-order valence-corrected chi connectivity index (χ1v) is 37.4. The Morgan fingerprint density at radius 3 is 1.66 bits per heavy atom. The normalized spacial score (nSPS) is 11.1. The van der Waals surface area contributed by atoms with E-state index in [9.17, 15) is 57.4 Å². The molecular formula is C82H93FN20O15. The Kier molecular flexibility index (Phi) is 29.4. The van der Waals surface area contributed by atoms with E-state index < -0.39 is 58.7 Å². The second kappa shape index (κ2) is 40.0. The average molecular weight is 1620 g/mol. The van der Waals surface area contributed by atoms with Crippen molar-refractivity contribution in [3.05, 3.63) is 189 Å². The fourth-order valence-corrected chi connectivity index (χ4v) is 12.1. The van der Waals surface area contributed by atoms with Gasteiger partial charge in [0.1, 0.15) is 39.9 Å². The van der Waals surface area contributed by atoms with E-state index in [1.54, 1.807) is 142 Å². The molecule has 0 bridgehead atoms. The zero-order valence-corrected chi connectivity index (χ0v) is 67.1. The van der Waals surface area contributed by atoms with Crippen molar-refractivity contribution in [1.82, 2.24) is 73.5 Å². The Morgan fingerprint density at radius 1 is 0.542 bits per heavy atom. The first-order valence-electron chi connectivity index (χ1n) is 37.4. The van der Waals surface area contributed by atoms with Gasteiger partial charge in [-0.3, -0.25) is 52.8 Å². The second-order valence-corrected chi connectivity index (χ2v) is 28.1. The van der Waals surface area contributed by atoms with Gasteiger partial charge in [0.05, 0.1) is 63.2 Å². The summed E-state index contributed by atoms with van der Waals surface area (Å²) in [6, 6.07) is 19.5. The van der Waals surface area contributed by atoms with Crippen LogP contribution in [0.1, 0.15) is 119 Å². The zero-order valence-electron chi connectivity index (χ0n) is 67.1. The highest BCUT2D eigenvalue weighted by Crippen LogP contribution is 2.41. The van der Waals surface area contributed by atoms with Crippen LogP contribution in [-0.4, -0.2) is 196 Å². The number of carbonyl (C=O) groups is 9. The molecule has 0 aliphatic heterocycles. The highest BCUT2D eigenvalue weighted by atomic mass is 19.1. The number of aliphatic hydroxyl groups is 1. The van der Waals surface area contributed by atoms with E-state index >= 15 is 0 Å². The third-order valence-electron chi connectivity index (χ3n) is 18.2. The van der Waals surface area contributed by atoms with Crippen LogP contribution in [0.2, 0.25) is 0 Å². The topological polar surface area (TPSA) is 423 Å². The number of pyridine rings is 1. The molecule has 35 nitrogen and oxygen atoms in total. The van der Waals surface area contributed by atoms with Gasteiger partial charge in [-0.15, -0.1) is 0 Å². The minimum absolute atomic E-state index is 0.00710. The van der Waals surface area contributed by atoms with Gasteiger partial charge in [-0.2, -0.15) is 0 Å². The zero-order chi connectivity index (χ0) is 84.9. The number of fused-ring (bicyclic) bond motifs is 1. The maximum absolute atomic E-state index is 14.3. The number of carbonyl (C=O) groups excluding carboxylic acids is 9. The number of aromatic amines is 1. The Balaban J connectivity index is 0.536. The van der Waals surface area contributed by atoms with E-state index in [2.05, 4.69) is 91.5 Å². The Labute approximate surface area is 677 Å². The van der Waals surface area contributed by atoms with Crippen LogP contribution in [0.4, 0.5) is 33.1 Å². The predicted molar refractivity (Wildman–Crippen MR) is 437 cm³/mol. The molecule has 0 saturated heterocycles. The van der Waals surface area contributed by atoms with Gasteiger partial charge in [-0.05, 0) is 130 Å². The number of nitrogens with one attached hydrogen (secondary N) is 10. The van der Waals surface area contributed by atoms with Crippen molar-refractivity contribution < 1.29 is 71.6 Å². The highest BCUT2D eigenvalue weighted by Gasteiger charge is 2.26. The Morgan fingerprint density at radius 2 is 1.08 bits per heavy atom. The number of halogens is 1. The number of ether oxygens (including phenoxy) is 4. The van der Waals surface area contributed by atoms with E-state index in [-0.39, 0.29) is 121 Å². The van der Waals surface area contributed by atoms with E-state index in [0.29, 0.717) is 108 Å². The molecule has 7 aromatic heterocycles. The Bertz CT molecular complexity index is 5570. The van der Waals surface area contributed by atoms with Gasteiger partial charge >= 0.3 is 0 Å². The maximum Gasteiger partial charge on any atom is 0.291 e. The lowest BCUT2D eigenvalue weighted by Crippen LogP contribution is -2.33. The molecule has 10 aromatic rings. The minimum atomic E-state index is -1.23. The molecule has 618 valence electrons. The van der Waals surface area contributed by atoms with Crippen LogP contribution in [0.5, 0.6) is 11.5 Å². The molecule has 7 heterocycles. The van der Waals surface area contributed by atoms with Crippen molar-refractivity contribution in [3.63, 3.8) is 0 Å². The van der Waals surface area contributed by atoms with Gasteiger partial charge in [0.15, 0.2) is 17.5 Å². The summed E-state index contributed by atoms with van der Waals surface area (Å²) in [7, 11) is 11.5. The van der Waals surface area contributed by atoms with Gasteiger partial charge in [0, 0.05) is 165 Å². The summed E-state index contributed by atoms with van der Waals surface area (Å²) in [6.45, 7) is 10.1. The third-order valence-corrected chi connectivity index (χ3v) is 18.2. The lowest BCUT2D eigenvalue weighted by Gasteiger charge is -2.22. The van der Waals surface area contributed by atoms with Crippen LogP contribution in [0.3, 0.4) is 0 Å². The van der Waals surface area contributed by atoms with Crippen LogP contribution >= 0.6 is 0 Å². The molecule has 0 aliphatic rings. The summed E-state index contributed by atoms with van der Waals surface area (Å²) in [5, 5.41) is 35.7. The third kappa shape index (κ3) is 23.7. The van der Waals surface area contributed by atoms with Gasteiger partial charge in [-0.25, -0.2) is 19.3 Å². The van der Waals surface area contributed by atoms with Crippen molar-refractivity contribution in [2.24, 2.45) is 42.3 Å². The van der Waals surface area contributed by atoms with Crippen molar-refractivity contribution in [3.8, 4) is 46.3 Å². The van der Waals surface area contributed by atoms with Crippen LogP contribution in [-0.2, 0) is 76.5 Å². The summed E-state index contributed by atoms with van der Waals surface area (Å²) in [5.74, 6) is 8.03. The summed E-state index contributed by atoms with van der Waals surface area (Å²) in [4.78, 5) is 148. The number of aryl methyl sites for hydroxylation is 8. The van der Waals surface area contributed by atoms with E-state index in [1.165, 1.54) is 71.9 Å². The number of likely N-dealkylation sites (N-methyl/N-ethyl adjacent to an activating group) is 1. The number of H-pyrrole nitrogens is 1. The lowest BCUT2D eigenvalue weighted by atomic mass is 9.93. The second-order valence-electron chi connectivity index (χ2n) is 28.1. The number of hydrogen-bond acceptors (Lipinski definition) is 19. The first-order chi connectivity index (χ1) is 56.3. The van der Waals surface area contributed by atoms with Crippen LogP contribution in [0, 0.1) is 43.3 Å². The first kappa shape index (κ1) is 86.6. The van der Waals surface area contributed by atoms with Gasteiger partial charge < -0.3 is 104 Å². The number of nitrogens with zero attached hydrogens (tertiary/aromatic N) is 10. The average Bonchev–Trinajstić information content (AvgIpc) is 1.50. The molecule has 9 amide bonds. The number of rotatable bonds is 37. The molecule has 0 spiro atoms. The number of aromatic nitrogens is 10. The molecular weight excluding hydrogens is 1520 g/mol. The standard InChI is InChI=1S/C82H93FN20O15/c1-50-39-54(83)40-51(2)71(50)118-64-21-18-53(82(3,4)114)41-58(64)60-47-103(11)81(113)70-59(60)44-61(92-70)75(107)89-55-19-16-52(17-20-55)15-13-12-14-30-97(5)32-34-116-36-38-117-37-35-115-33-29-84-67(104)22-25-88-78(110)73-95-65(48-101(73)9)93-68(105)23-26-87-77(109)63-43-57(46-100(63)8)91-80(112)74-96-66(49-102(74)10)94-69(106)24-27-86-76(108)62-42-56(45-99(62)7)90-79(111)72-85-28-31-98(72)6/h16-21,28,31,39-49,92,114H,22-27,29-30,32-38H2,1-11H3,(H,84,104)(H,86,108)(H,87,109)(H,88,110)(H,89,107)(H,90,111)(H,91,112)(H,93,105)(H,94,106). The van der Waals surface area contributed by atoms with Gasteiger partial charge in [-0.1, -0.05) is 17.9 Å². The number of amides is 9. The molecule has 0 radical (unpaired) electrons. The van der Waals surface area contributed by atoms with E-state index in [4.69, 9.17) is 18.9 Å². The molecule has 118 heavy (non-hydrogen) atoms. The summed E-state index contributed by atoms with van der Waals surface area (Å²) in [5.41, 5.74) is 3.77. The molecule has 10 rings (SSSR count). The summed E-state index contributed by atoms with van der Waals surface area (Å²) < 4.78 is 46.4. The van der Waals surface area contributed by atoms with Crippen LogP contribution in [0.15, 0.2) is 121 Å². The Hall–Kier alpha value is -13.8. The lowest BCUT2D eigenvalue weighted by molar-refractivity contribution is -0.121. The number of imidazole rings is 3. The van der Waals surface area contributed by atoms with Crippen molar-refractivity contribution >= 4 is 92.8 Å². The van der Waals surface area contributed by atoms with Gasteiger partial charge in [0.25, 0.3) is 41.0 Å². The molecule has 0 unspecified atom stereocenters. The van der Waals surface area contributed by atoms with Crippen molar-refractivity contribution in [2.45, 2.75) is 52.6 Å². The van der Waals surface area contributed by atoms with Crippen molar-refractivity contribution in [2.75, 3.05) is 113 Å².